The van der Waals surface area contributed by atoms with Crippen LogP contribution in [0, 0.1) is 0 Å². The van der Waals surface area contributed by atoms with E-state index >= 15 is 0 Å². The summed E-state index contributed by atoms with van der Waals surface area (Å²) in [6.07, 6.45) is 0. The van der Waals surface area contributed by atoms with Crippen LogP contribution in [0.3, 0.4) is 0 Å². The number of benzene rings is 2. The Labute approximate surface area is 210 Å². The lowest BCUT2D eigenvalue weighted by Crippen LogP contribution is -2.33. The number of nitrogens with one attached hydrogen (secondary N) is 1. The molecule has 0 radical (unpaired) electrons. The van der Waals surface area contributed by atoms with E-state index < -0.39 is 11.5 Å². The number of amides is 1. The third-order valence-electron chi connectivity index (χ3n) is 4.93. The number of hydrogen-bond acceptors (Lipinski definition) is 6. The minimum Gasteiger partial charge on any atom is -0.494 e. The van der Waals surface area contributed by atoms with E-state index in [0.717, 1.165) is 15.8 Å². The lowest BCUT2D eigenvalue weighted by atomic mass is 10.1. The average molecular weight is 589 g/mol. The second-order valence-corrected chi connectivity index (χ2v) is 9.02. The smallest absolute Gasteiger partial charge is 0.349 e. The molecule has 0 aliphatic heterocycles. The van der Waals surface area contributed by atoms with Crippen molar-refractivity contribution in [3.05, 3.63) is 89.9 Å². The van der Waals surface area contributed by atoms with Gasteiger partial charge in [0.05, 0.1) is 23.3 Å². The summed E-state index contributed by atoms with van der Waals surface area (Å²) in [5.41, 5.74) is 0.616. The van der Waals surface area contributed by atoms with E-state index in [4.69, 9.17) is 9.15 Å². The van der Waals surface area contributed by atoms with Gasteiger partial charge in [-0.3, -0.25) is 9.59 Å². The van der Waals surface area contributed by atoms with Crippen molar-refractivity contribution in [1.82, 2.24) is 15.1 Å². The van der Waals surface area contributed by atoms with Gasteiger partial charge in [0, 0.05) is 28.0 Å². The predicted molar refractivity (Wildman–Crippen MR) is 135 cm³/mol. The summed E-state index contributed by atoms with van der Waals surface area (Å²) < 4.78 is 13.4. The summed E-state index contributed by atoms with van der Waals surface area (Å²) in [5.74, 6) is 0.155. The Morgan fingerprint density at radius 3 is 2.59 bits per heavy atom. The molecule has 34 heavy (non-hydrogen) atoms. The number of fused-ring (bicyclic) bond motifs is 1. The minimum absolute atomic E-state index is 0.0954. The van der Waals surface area contributed by atoms with Crippen LogP contribution in [0.2, 0.25) is 0 Å². The zero-order valence-electron chi connectivity index (χ0n) is 18.0. The number of carbonyl (C=O) groups is 1. The number of nitrogens with zero attached hydrogens (tertiary/aromatic N) is 2. The van der Waals surface area contributed by atoms with Gasteiger partial charge in [-0.05, 0) is 71.4 Å². The van der Waals surface area contributed by atoms with Gasteiger partial charge < -0.3 is 14.5 Å². The lowest BCUT2D eigenvalue weighted by molar-refractivity contribution is 0.0948. The van der Waals surface area contributed by atoms with Crippen LogP contribution in [0.25, 0.3) is 22.2 Å². The minimum atomic E-state index is -0.749. The van der Waals surface area contributed by atoms with Crippen molar-refractivity contribution >= 4 is 48.7 Å². The highest BCUT2D eigenvalue weighted by atomic mass is 79.9. The molecule has 0 saturated heterocycles. The van der Waals surface area contributed by atoms with E-state index in [-0.39, 0.29) is 24.2 Å². The fraction of sp³-hybridized carbons (Fsp3) is 0.167. The quantitative estimate of drug-likeness (QED) is 0.322. The van der Waals surface area contributed by atoms with Crippen LogP contribution in [0.15, 0.2) is 77.5 Å². The number of aromatic nitrogens is 2. The highest BCUT2D eigenvalue weighted by Gasteiger charge is 2.15. The second kappa shape index (κ2) is 10.4. The summed E-state index contributed by atoms with van der Waals surface area (Å²) >= 11 is 6.72. The van der Waals surface area contributed by atoms with Gasteiger partial charge in [-0.1, -0.05) is 15.9 Å². The molecule has 0 aliphatic rings. The average Bonchev–Trinajstić information content (AvgIpc) is 2.81. The van der Waals surface area contributed by atoms with Gasteiger partial charge in [-0.2, -0.15) is 5.10 Å². The summed E-state index contributed by atoms with van der Waals surface area (Å²) in [4.78, 5) is 37.2. The van der Waals surface area contributed by atoms with Crippen molar-refractivity contribution in [2.24, 2.45) is 0 Å². The van der Waals surface area contributed by atoms with E-state index in [1.165, 1.54) is 16.8 Å². The zero-order valence-corrected chi connectivity index (χ0v) is 21.2. The van der Waals surface area contributed by atoms with E-state index in [1.807, 2.05) is 31.2 Å². The molecule has 2 aromatic carbocycles. The largest absolute Gasteiger partial charge is 0.494 e. The highest BCUT2D eigenvalue weighted by molar-refractivity contribution is 9.11. The number of ether oxygens (including phenoxy) is 1. The molecule has 0 bridgehead atoms. The van der Waals surface area contributed by atoms with Crippen molar-refractivity contribution in [3.63, 3.8) is 0 Å². The molecule has 0 spiro atoms. The van der Waals surface area contributed by atoms with Gasteiger partial charge in [-0.25, -0.2) is 9.48 Å². The van der Waals surface area contributed by atoms with Crippen LogP contribution in [0.5, 0.6) is 5.75 Å². The molecular weight excluding hydrogens is 570 g/mol. The molecule has 10 heteroatoms. The Morgan fingerprint density at radius 1 is 1.09 bits per heavy atom. The van der Waals surface area contributed by atoms with Crippen molar-refractivity contribution in [2.75, 3.05) is 13.2 Å². The summed E-state index contributed by atoms with van der Waals surface area (Å²) in [7, 11) is 0. The molecule has 1 amide bonds. The Hall–Kier alpha value is -3.24. The molecule has 1 N–H and O–H groups in total. The van der Waals surface area contributed by atoms with E-state index in [2.05, 4.69) is 42.3 Å². The zero-order chi connectivity index (χ0) is 24.2. The molecule has 174 valence electrons. The summed E-state index contributed by atoms with van der Waals surface area (Å²) in [5, 5.41) is 7.63. The first-order valence-corrected chi connectivity index (χ1v) is 12.0. The molecule has 0 saturated carbocycles. The van der Waals surface area contributed by atoms with Gasteiger partial charge in [0.2, 0.25) is 0 Å². The van der Waals surface area contributed by atoms with Crippen LogP contribution >= 0.6 is 31.9 Å². The van der Waals surface area contributed by atoms with Gasteiger partial charge in [0.1, 0.15) is 11.3 Å². The summed E-state index contributed by atoms with van der Waals surface area (Å²) in [6.45, 7) is 2.71. The predicted octanol–water partition coefficient (Wildman–Crippen LogP) is 4.37. The van der Waals surface area contributed by atoms with Crippen molar-refractivity contribution in [2.45, 2.75) is 13.5 Å². The fourth-order valence-electron chi connectivity index (χ4n) is 3.34. The van der Waals surface area contributed by atoms with E-state index in [9.17, 15) is 14.4 Å². The van der Waals surface area contributed by atoms with Crippen LogP contribution in [-0.2, 0) is 6.54 Å². The number of carbonyl (C=O) groups excluding carboxylic acids is 1. The Kier molecular flexibility index (Phi) is 7.28. The molecular formula is C24H19Br2N3O5. The SMILES string of the molecule is CCOc1ccc(-c2ccc(=O)n(CCNC(=O)c3cc4cc(Br)cc(Br)c4oc3=O)n2)cc1. The standard InChI is InChI=1S/C24H19Br2N3O5/c1-2-33-17-5-3-14(4-6-17)20-7-8-21(30)29(28-20)10-9-27-23(31)18-12-15-11-16(25)13-19(26)22(15)34-24(18)32/h3-8,11-13H,2,9-10H2,1H3,(H,27,31). The van der Waals surface area contributed by atoms with Crippen molar-refractivity contribution in [1.29, 1.82) is 0 Å². The molecule has 0 fully saturated rings. The fourth-order valence-corrected chi connectivity index (χ4v) is 4.68. The molecule has 0 unspecified atom stereocenters. The first-order valence-electron chi connectivity index (χ1n) is 10.4. The number of rotatable bonds is 7. The molecule has 4 aromatic rings. The van der Waals surface area contributed by atoms with Gasteiger partial charge in [-0.15, -0.1) is 0 Å². The Balaban J connectivity index is 1.47. The number of hydrogen-bond donors (Lipinski definition) is 1. The maximum absolute atomic E-state index is 12.6. The van der Waals surface area contributed by atoms with Crippen LogP contribution < -0.4 is 21.2 Å². The third-order valence-corrected chi connectivity index (χ3v) is 5.98. The lowest BCUT2D eigenvalue weighted by Gasteiger charge is -2.09. The first kappa shape index (κ1) is 23.9. The van der Waals surface area contributed by atoms with Crippen LogP contribution in [0.1, 0.15) is 17.3 Å². The third kappa shape index (κ3) is 5.28. The normalized spacial score (nSPS) is 10.9. The molecule has 4 rings (SSSR count). The molecule has 2 aromatic heterocycles. The number of halogens is 2. The van der Waals surface area contributed by atoms with Gasteiger partial charge in [0.25, 0.3) is 11.5 Å². The highest BCUT2D eigenvalue weighted by Crippen LogP contribution is 2.28. The van der Waals surface area contributed by atoms with E-state index in [0.29, 0.717) is 27.7 Å². The first-order chi connectivity index (χ1) is 16.4. The molecule has 2 heterocycles. The summed E-state index contributed by atoms with van der Waals surface area (Å²) in [6, 6.07) is 15.4. The monoisotopic (exact) mass is 587 g/mol. The van der Waals surface area contributed by atoms with Crippen LogP contribution in [-0.4, -0.2) is 28.8 Å². The molecule has 0 atom stereocenters. The van der Waals surface area contributed by atoms with Crippen molar-refractivity contribution < 1.29 is 13.9 Å². The Morgan fingerprint density at radius 2 is 1.85 bits per heavy atom. The molecule has 0 aliphatic carbocycles. The maximum Gasteiger partial charge on any atom is 0.349 e. The second-order valence-electron chi connectivity index (χ2n) is 7.25. The topological polar surface area (TPSA) is 103 Å². The van der Waals surface area contributed by atoms with Gasteiger partial charge in [0.15, 0.2) is 5.58 Å². The maximum atomic E-state index is 12.6. The van der Waals surface area contributed by atoms with E-state index in [1.54, 1.807) is 18.2 Å². The molecule has 8 nitrogen and oxygen atoms in total. The van der Waals surface area contributed by atoms with Crippen molar-refractivity contribution in [3.8, 4) is 17.0 Å². The van der Waals surface area contributed by atoms with Gasteiger partial charge >= 0.3 is 5.63 Å². The Bertz CT molecular complexity index is 1480. The van der Waals surface area contributed by atoms with Crippen LogP contribution in [0.4, 0.5) is 0 Å².